The van der Waals surface area contributed by atoms with Crippen molar-refractivity contribution in [1.82, 2.24) is 15.5 Å². The van der Waals surface area contributed by atoms with Gasteiger partial charge in [0.25, 0.3) is 0 Å². The van der Waals surface area contributed by atoms with Gasteiger partial charge in [-0.15, -0.1) is 0 Å². The number of aliphatic imine (C=N–C) groups is 1. The third-order valence-corrected chi connectivity index (χ3v) is 5.20. The molecular formula is C23H40N4O2. The summed E-state index contributed by atoms with van der Waals surface area (Å²) in [6.45, 7) is 14.8. The number of guanidine groups is 1. The molecule has 2 N–H and O–H groups in total. The fraction of sp³-hybridized carbons (Fsp3) is 0.696. The quantitative estimate of drug-likeness (QED) is 0.376. The van der Waals surface area contributed by atoms with Crippen LogP contribution in [0, 0.1) is 0 Å². The number of likely N-dealkylation sites (tertiary alicyclic amines) is 1. The van der Waals surface area contributed by atoms with E-state index in [0.717, 1.165) is 57.3 Å². The van der Waals surface area contributed by atoms with Gasteiger partial charge >= 0.3 is 0 Å². The number of rotatable bonds is 9. The van der Waals surface area contributed by atoms with Gasteiger partial charge < -0.3 is 25.0 Å². The van der Waals surface area contributed by atoms with Crippen LogP contribution in [0.2, 0.25) is 0 Å². The van der Waals surface area contributed by atoms with E-state index in [-0.39, 0.29) is 5.41 Å². The molecule has 0 unspecified atom stereocenters. The molecule has 2 rings (SSSR count). The lowest BCUT2D eigenvalue weighted by atomic mass is 9.86. The van der Waals surface area contributed by atoms with E-state index in [1.54, 1.807) is 7.11 Å². The molecule has 29 heavy (non-hydrogen) atoms. The van der Waals surface area contributed by atoms with Crippen molar-refractivity contribution in [2.75, 3.05) is 53.0 Å². The van der Waals surface area contributed by atoms with Gasteiger partial charge in [-0.25, -0.2) is 4.99 Å². The van der Waals surface area contributed by atoms with E-state index in [4.69, 9.17) is 14.5 Å². The normalized spacial score (nSPS) is 16.7. The van der Waals surface area contributed by atoms with E-state index in [0.29, 0.717) is 19.2 Å². The summed E-state index contributed by atoms with van der Waals surface area (Å²) in [5.74, 6) is 1.84. The highest BCUT2D eigenvalue weighted by Crippen LogP contribution is 2.30. The Labute approximate surface area is 177 Å². The number of nitrogens with zero attached hydrogens (tertiary/aromatic N) is 2. The number of piperidine rings is 1. The number of hydrogen-bond donors (Lipinski definition) is 2. The number of benzene rings is 1. The molecule has 1 heterocycles. The van der Waals surface area contributed by atoms with E-state index in [1.807, 2.05) is 12.1 Å². The average molecular weight is 405 g/mol. The van der Waals surface area contributed by atoms with E-state index in [9.17, 15) is 0 Å². The van der Waals surface area contributed by atoms with Gasteiger partial charge in [-0.3, -0.25) is 0 Å². The number of hydrogen-bond acceptors (Lipinski definition) is 4. The number of para-hydroxylation sites is 1. The molecule has 0 spiro atoms. The molecule has 0 aliphatic carbocycles. The lowest BCUT2D eigenvalue weighted by Gasteiger charge is -2.32. The monoisotopic (exact) mass is 404 g/mol. The highest BCUT2D eigenvalue weighted by atomic mass is 16.5. The maximum absolute atomic E-state index is 6.05. The standard InChI is InChI=1S/C23H40N4O2/c1-6-24-22(26-19-11-14-27(15-12-19)16-18-28-5)25-13-17-29-21-10-8-7-9-20(21)23(2,3)4/h7-10,19H,6,11-18H2,1-5H3,(H2,24,25,26). The summed E-state index contributed by atoms with van der Waals surface area (Å²) in [5.41, 5.74) is 1.29. The molecule has 1 aliphatic heterocycles. The Morgan fingerprint density at radius 2 is 1.90 bits per heavy atom. The minimum Gasteiger partial charge on any atom is -0.491 e. The Bertz CT molecular complexity index is 620. The van der Waals surface area contributed by atoms with Gasteiger partial charge in [0.2, 0.25) is 0 Å². The molecular weight excluding hydrogens is 364 g/mol. The van der Waals surface area contributed by atoms with Crippen LogP contribution in [0.4, 0.5) is 0 Å². The predicted molar refractivity (Wildman–Crippen MR) is 121 cm³/mol. The number of nitrogens with one attached hydrogen (secondary N) is 2. The smallest absolute Gasteiger partial charge is 0.191 e. The van der Waals surface area contributed by atoms with Gasteiger partial charge in [0, 0.05) is 39.3 Å². The largest absolute Gasteiger partial charge is 0.491 e. The molecule has 0 atom stereocenters. The van der Waals surface area contributed by atoms with Crippen molar-refractivity contribution in [3.63, 3.8) is 0 Å². The zero-order valence-corrected chi connectivity index (χ0v) is 19.0. The van der Waals surface area contributed by atoms with Crippen LogP contribution in [0.5, 0.6) is 5.75 Å². The lowest BCUT2D eigenvalue weighted by Crippen LogP contribution is -2.49. The minimum absolute atomic E-state index is 0.0640. The Morgan fingerprint density at radius 1 is 1.17 bits per heavy atom. The zero-order chi connectivity index (χ0) is 21.1. The summed E-state index contributed by atoms with van der Waals surface area (Å²) >= 11 is 0. The van der Waals surface area contributed by atoms with E-state index >= 15 is 0 Å². The second-order valence-electron chi connectivity index (χ2n) is 8.61. The second-order valence-corrected chi connectivity index (χ2v) is 8.61. The van der Waals surface area contributed by atoms with Crippen LogP contribution in [0.1, 0.15) is 46.1 Å². The third kappa shape index (κ3) is 8.23. The van der Waals surface area contributed by atoms with Gasteiger partial charge in [-0.1, -0.05) is 39.0 Å². The van der Waals surface area contributed by atoms with Crippen LogP contribution < -0.4 is 15.4 Å². The van der Waals surface area contributed by atoms with Crippen LogP contribution in [0.3, 0.4) is 0 Å². The van der Waals surface area contributed by atoms with Crippen LogP contribution >= 0.6 is 0 Å². The van der Waals surface area contributed by atoms with Gasteiger partial charge in [-0.05, 0) is 36.8 Å². The second kappa shape index (κ2) is 12.0. The molecule has 0 bridgehead atoms. The van der Waals surface area contributed by atoms with Gasteiger partial charge in [-0.2, -0.15) is 0 Å². The van der Waals surface area contributed by atoms with Crippen molar-refractivity contribution in [3.8, 4) is 5.75 Å². The van der Waals surface area contributed by atoms with Crippen LogP contribution in [-0.2, 0) is 10.2 Å². The van der Waals surface area contributed by atoms with Crippen LogP contribution in [-0.4, -0.2) is 69.9 Å². The summed E-state index contributed by atoms with van der Waals surface area (Å²) in [5, 5.41) is 6.95. The van der Waals surface area contributed by atoms with Crippen molar-refractivity contribution >= 4 is 5.96 Å². The zero-order valence-electron chi connectivity index (χ0n) is 19.0. The first-order valence-electron chi connectivity index (χ1n) is 10.9. The average Bonchev–Trinajstić information content (AvgIpc) is 2.70. The topological polar surface area (TPSA) is 58.1 Å². The number of ether oxygens (including phenoxy) is 2. The summed E-state index contributed by atoms with van der Waals surface area (Å²) in [6.07, 6.45) is 2.26. The van der Waals surface area contributed by atoms with Crippen molar-refractivity contribution in [2.45, 2.75) is 52.0 Å². The first-order chi connectivity index (χ1) is 13.9. The molecule has 1 saturated heterocycles. The van der Waals surface area contributed by atoms with Crippen molar-refractivity contribution < 1.29 is 9.47 Å². The molecule has 6 nitrogen and oxygen atoms in total. The van der Waals surface area contributed by atoms with Gasteiger partial charge in [0.1, 0.15) is 12.4 Å². The van der Waals surface area contributed by atoms with Crippen molar-refractivity contribution in [1.29, 1.82) is 0 Å². The molecule has 1 fully saturated rings. The Hall–Kier alpha value is -1.79. The third-order valence-electron chi connectivity index (χ3n) is 5.20. The van der Waals surface area contributed by atoms with E-state index in [2.05, 4.69) is 55.4 Å². The highest BCUT2D eigenvalue weighted by Gasteiger charge is 2.20. The predicted octanol–water partition coefficient (Wildman–Crippen LogP) is 3.03. The summed E-state index contributed by atoms with van der Waals surface area (Å²) in [7, 11) is 1.76. The first-order valence-corrected chi connectivity index (χ1v) is 10.9. The Balaban J connectivity index is 1.81. The van der Waals surface area contributed by atoms with E-state index in [1.165, 1.54) is 5.56 Å². The lowest BCUT2D eigenvalue weighted by molar-refractivity contribution is 0.128. The number of methoxy groups -OCH3 is 1. The van der Waals surface area contributed by atoms with Crippen LogP contribution in [0.15, 0.2) is 29.3 Å². The molecule has 0 amide bonds. The van der Waals surface area contributed by atoms with Gasteiger partial charge in [0.15, 0.2) is 5.96 Å². The first kappa shape index (κ1) is 23.5. The van der Waals surface area contributed by atoms with Gasteiger partial charge in [0.05, 0.1) is 13.2 Å². The molecule has 0 aromatic heterocycles. The maximum atomic E-state index is 6.05. The van der Waals surface area contributed by atoms with Crippen molar-refractivity contribution in [2.24, 2.45) is 4.99 Å². The summed E-state index contributed by atoms with van der Waals surface area (Å²) in [6, 6.07) is 8.75. The van der Waals surface area contributed by atoms with E-state index < -0.39 is 0 Å². The molecule has 0 saturated carbocycles. The van der Waals surface area contributed by atoms with Crippen molar-refractivity contribution in [3.05, 3.63) is 29.8 Å². The van der Waals surface area contributed by atoms with Crippen LogP contribution in [0.25, 0.3) is 0 Å². The molecule has 1 aromatic rings. The highest BCUT2D eigenvalue weighted by molar-refractivity contribution is 5.80. The Kier molecular flexibility index (Phi) is 9.74. The molecule has 6 heteroatoms. The summed E-state index contributed by atoms with van der Waals surface area (Å²) < 4.78 is 11.2. The SMILES string of the molecule is CCNC(=NCCOc1ccccc1C(C)(C)C)NC1CCN(CCOC)CC1. The minimum atomic E-state index is 0.0640. The summed E-state index contributed by atoms with van der Waals surface area (Å²) in [4.78, 5) is 7.18. The molecule has 1 aromatic carbocycles. The Morgan fingerprint density at radius 3 is 2.55 bits per heavy atom. The fourth-order valence-corrected chi connectivity index (χ4v) is 3.56. The molecule has 0 radical (unpaired) electrons. The molecule has 164 valence electrons. The maximum Gasteiger partial charge on any atom is 0.191 e. The molecule has 1 aliphatic rings. The fourth-order valence-electron chi connectivity index (χ4n) is 3.56.